The summed E-state index contributed by atoms with van der Waals surface area (Å²) >= 11 is 0. The van der Waals surface area contributed by atoms with Gasteiger partial charge in [0, 0.05) is 42.5 Å². The first-order valence-corrected chi connectivity index (χ1v) is 9.26. The molecule has 0 radical (unpaired) electrons. The summed E-state index contributed by atoms with van der Waals surface area (Å²) in [4.78, 5) is 22.4. The monoisotopic (exact) mass is 347 g/mol. The Labute approximate surface area is 151 Å². The molecule has 1 saturated heterocycles. The number of aromatic nitrogens is 3. The van der Waals surface area contributed by atoms with E-state index in [0.717, 1.165) is 29.4 Å². The van der Waals surface area contributed by atoms with Crippen molar-refractivity contribution in [2.24, 2.45) is 11.3 Å². The van der Waals surface area contributed by atoms with Crippen LogP contribution in [0.15, 0.2) is 30.7 Å². The fraction of sp³-hybridized carbons (Fsp3) is 0.450. The summed E-state index contributed by atoms with van der Waals surface area (Å²) in [5.41, 5.74) is 1.32. The number of piperidine rings is 1. The molecule has 2 aliphatic rings. The van der Waals surface area contributed by atoms with Gasteiger partial charge in [-0.15, -0.1) is 0 Å². The highest BCUT2D eigenvalue weighted by Crippen LogP contribution is 2.47. The fourth-order valence-electron chi connectivity index (χ4n) is 4.33. The van der Waals surface area contributed by atoms with Crippen molar-refractivity contribution in [3.8, 4) is 6.07 Å². The molecule has 0 aromatic carbocycles. The second-order valence-corrected chi connectivity index (χ2v) is 7.80. The van der Waals surface area contributed by atoms with Gasteiger partial charge in [0.2, 0.25) is 5.91 Å². The first-order chi connectivity index (χ1) is 12.6. The van der Waals surface area contributed by atoms with Crippen LogP contribution in [-0.4, -0.2) is 38.4 Å². The third kappa shape index (κ3) is 2.10. The van der Waals surface area contributed by atoms with E-state index in [1.807, 2.05) is 17.3 Å². The number of nitrogens with zero attached hydrogens (tertiary/aromatic N) is 4. The van der Waals surface area contributed by atoms with E-state index in [0.29, 0.717) is 25.3 Å². The van der Waals surface area contributed by atoms with E-state index in [1.54, 1.807) is 0 Å². The lowest BCUT2D eigenvalue weighted by atomic mass is 9.91. The lowest BCUT2D eigenvalue weighted by molar-refractivity contribution is -0.137. The molecule has 132 valence electrons. The number of rotatable bonds is 2. The number of pyridine rings is 1. The van der Waals surface area contributed by atoms with Gasteiger partial charge in [0.25, 0.3) is 0 Å². The number of hydrogen-bond acceptors (Lipinski definition) is 3. The van der Waals surface area contributed by atoms with Crippen molar-refractivity contribution in [1.82, 2.24) is 19.4 Å². The highest BCUT2D eigenvalue weighted by atomic mass is 16.2. The molecule has 1 amide bonds. The van der Waals surface area contributed by atoms with Crippen molar-refractivity contribution in [3.05, 3.63) is 30.7 Å². The minimum Gasteiger partial charge on any atom is -0.346 e. The minimum absolute atomic E-state index is 0.0295. The number of nitrogens with one attached hydrogen (secondary N) is 1. The predicted molar refractivity (Wildman–Crippen MR) is 98.3 cm³/mol. The highest BCUT2D eigenvalue weighted by molar-refractivity contribution is 6.02. The first kappa shape index (κ1) is 15.4. The number of nitriles is 1. The number of aromatic amines is 1. The molecule has 0 unspecified atom stereocenters. The second kappa shape index (κ2) is 5.34. The number of carbonyl (C=O) groups is 1. The molecular weight excluding hydrogens is 326 g/mol. The lowest BCUT2D eigenvalue weighted by Crippen LogP contribution is -2.46. The molecule has 6 nitrogen and oxygen atoms in total. The zero-order valence-corrected chi connectivity index (χ0v) is 14.8. The van der Waals surface area contributed by atoms with Gasteiger partial charge in [-0.2, -0.15) is 5.26 Å². The van der Waals surface area contributed by atoms with Crippen LogP contribution >= 0.6 is 0 Å². The van der Waals surface area contributed by atoms with Gasteiger partial charge in [-0.05, 0) is 37.3 Å². The average molecular weight is 347 g/mol. The summed E-state index contributed by atoms with van der Waals surface area (Å²) in [5, 5.41) is 11.6. The third-order valence-corrected chi connectivity index (χ3v) is 6.20. The molecular formula is C20H21N5O. The molecule has 4 heterocycles. The fourth-order valence-corrected chi connectivity index (χ4v) is 4.33. The van der Waals surface area contributed by atoms with Crippen LogP contribution in [-0.2, 0) is 4.79 Å². The molecule has 0 spiro atoms. The van der Waals surface area contributed by atoms with Gasteiger partial charge in [0.05, 0.1) is 17.6 Å². The van der Waals surface area contributed by atoms with Crippen LogP contribution in [0.3, 0.4) is 0 Å². The molecule has 1 aliphatic heterocycles. The Bertz CT molecular complexity index is 1050. The number of carbonyl (C=O) groups excluding carboxylic acids is 1. The zero-order valence-electron chi connectivity index (χ0n) is 14.8. The number of likely N-dealkylation sites (tertiary alicyclic amines) is 1. The number of H-pyrrole nitrogens is 1. The number of amides is 1. The van der Waals surface area contributed by atoms with E-state index in [-0.39, 0.29) is 11.9 Å². The van der Waals surface area contributed by atoms with Crippen LogP contribution in [0.25, 0.3) is 21.9 Å². The number of fused-ring (bicyclic) bond motifs is 3. The van der Waals surface area contributed by atoms with Crippen LogP contribution in [0.1, 0.15) is 32.2 Å². The Morgan fingerprint density at radius 3 is 3.04 bits per heavy atom. The molecule has 1 aliphatic carbocycles. The van der Waals surface area contributed by atoms with Crippen LogP contribution in [0, 0.1) is 22.7 Å². The first-order valence-electron chi connectivity index (χ1n) is 9.26. The molecule has 2 fully saturated rings. The maximum absolute atomic E-state index is 12.8. The van der Waals surface area contributed by atoms with Crippen molar-refractivity contribution >= 4 is 27.8 Å². The van der Waals surface area contributed by atoms with E-state index in [1.165, 1.54) is 5.52 Å². The van der Waals surface area contributed by atoms with E-state index in [2.05, 4.69) is 45.9 Å². The van der Waals surface area contributed by atoms with E-state index in [9.17, 15) is 10.1 Å². The largest absolute Gasteiger partial charge is 0.346 e. The quantitative estimate of drug-likeness (QED) is 0.773. The molecule has 2 atom stereocenters. The van der Waals surface area contributed by atoms with Crippen LogP contribution < -0.4 is 0 Å². The molecule has 6 heteroatoms. The summed E-state index contributed by atoms with van der Waals surface area (Å²) in [6.45, 7) is 3.67. The maximum Gasteiger partial charge on any atom is 0.243 e. The summed E-state index contributed by atoms with van der Waals surface area (Å²) in [6, 6.07) is 6.62. The molecule has 3 aromatic rings. The molecule has 26 heavy (non-hydrogen) atoms. The van der Waals surface area contributed by atoms with Gasteiger partial charge in [0.15, 0.2) is 0 Å². The topological polar surface area (TPSA) is 77.7 Å². The summed E-state index contributed by atoms with van der Waals surface area (Å²) < 4.78 is 2.31. The molecule has 3 aromatic heterocycles. The van der Waals surface area contributed by atoms with Crippen LogP contribution in [0.5, 0.6) is 0 Å². The predicted octanol–water partition coefficient (Wildman–Crippen LogP) is 3.23. The van der Waals surface area contributed by atoms with Gasteiger partial charge in [-0.3, -0.25) is 4.79 Å². The molecule has 1 saturated carbocycles. The van der Waals surface area contributed by atoms with Crippen molar-refractivity contribution < 1.29 is 4.79 Å². The van der Waals surface area contributed by atoms with Gasteiger partial charge < -0.3 is 14.5 Å². The molecule has 5 rings (SSSR count). The SMILES string of the molecule is C[C@@H]1CCN(C(=O)C2(C#N)CC2)C[C@@H]1n1ccc2cnc3[nH]ccc3c21. The van der Waals surface area contributed by atoms with Crippen LogP contribution in [0.2, 0.25) is 0 Å². The summed E-state index contributed by atoms with van der Waals surface area (Å²) in [6.07, 6.45) is 8.31. The Morgan fingerprint density at radius 2 is 2.27 bits per heavy atom. The van der Waals surface area contributed by atoms with E-state index < -0.39 is 5.41 Å². The average Bonchev–Trinajstić information content (AvgIpc) is 3.11. The van der Waals surface area contributed by atoms with E-state index >= 15 is 0 Å². The maximum atomic E-state index is 12.8. The Morgan fingerprint density at radius 1 is 1.42 bits per heavy atom. The van der Waals surface area contributed by atoms with Gasteiger partial charge in [-0.25, -0.2) is 4.98 Å². The normalized spacial score (nSPS) is 24.7. The smallest absolute Gasteiger partial charge is 0.243 e. The van der Waals surface area contributed by atoms with Crippen molar-refractivity contribution in [3.63, 3.8) is 0 Å². The second-order valence-electron chi connectivity index (χ2n) is 7.80. The number of hydrogen-bond donors (Lipinski definition) is 1. The standard InChI is InChI=1S/C20H21N5O/c1-13-3-8-24(19(26)20(12-21)5-6-20)11-16(13)25-9-4-14-10-23-18-15(17(14)25)2-7-22-18/h2,4,7,9-10,13,16H,3,5-6,8,11H2,1H3,(H,22,23)/t13-,16+/m1/s1. The summed E-state index contributed by atoms with van der Waals surface area (Å²) in [7, 11) is 0. The molecule has 0 bridgehead atoms. The minimum atomic E-state index is -0.734. The van der Waals surface area contributed by atoms with Crippen molar-refractivity contribution in [2.75, 3.05) is 13.1 Å². The van der Waals surface area contributed by atoms with Gasteiger partial charge in [-0.1, -0.05) is 6.92 Å². The van der Waals surface area contributed by atoms with Crippen LogP contribution in [0.4, 0.5) is 0 Å². The molecule has 1 N–H and O–H groups in total. The van der Waals surface area contributed by atoms with Crippen molar-refractivity contribution in [1.29, 1.82) is 5.26 Å². The van der Waals surface area contributed by atoms with Gasteiger partial charge >= 0.3 is 0 Å². The van der Waals surface area contributed by atoms with Gasteiger partial charge in [0.1, 0.15) is 11.1 Å². The van der Waals surface area contributed by atoms with E-state index in [4.69, 9.17) is 0 Å². The third-order valence-electron chi connectivity index (χ3n) is 6.20. The Balaban J connectivity index is 1.54. The van der Waals surface area contributed by atoms with Crippen molar-refractivity contribution in [2.45, 2.75) is 32.2 Å². The Kier molecular flexibility index (Phi) is 3.17. The highest BCUT2D eigenvalue weighted by Gasteiger charge is 2.53. The lowest BCUT2D eigenvalue weighted by Gasteiger charge is -2.39. The zero-order chi connectivity index (χ0) is 17.9. The summed E-state index contributed by atoms with van der Waals surface area (Å²) in [5.74, 6) is 0.496. The Hall–Kier alpha value is -2.81.